The Morgan fingerprint density at radius 1 is 1.70 bits per heavy atom. The lowest BCUT2D eigenvalue weighted by Gasteiger charge is -2.24. The van der Waals surface area contributed by atoms with Crippen molar-refractivity contribution in [3.63, 3.8) is 0 Å². The van der Waals surface area contributed by atoms with Crippen molar-refractivity contribution in [2.45, 2.75) is 6.42 Å². The number of aliphatic hydroxyl groups excluding tert-OH is 1. The minimum Gasteiger partial charge on any atom is -0.396 e. The lowest BCUT2D eigenvalue weighted by atomic mass is 9.88. The highest BCUT2D eigenvalue weighted by Crippen LogP contribution is 2.22. The van der Waals surface area contributed by atoms with Crippen LogP contribution in [-0.4, -0.2) is 38.4 Å². The summed E-state index contributed by atoms with van der Waals surface area (Å²) in [6, 6.07) is 0. The lowest BCUT2D eigenvalue weighted by Crippen LogP contribution is -2.37. The summed E-state index contributed by atoms with van der Waals surface area (Å²) in [7, 11) is 1.93. The van der Waals surface area contributed by atoms with Gasteiger partial charge in [0, 0.05) is 18.5 Å². The van der Waals surface area contributed by atoms with Gasteiger partial charge in [0.25, 0.3) is 0 Å². The Hall–Kier alpha value is -0.120. The van der Waals surface area contributed by atoms with Crippen LogP contribution in [0.4, 0.5) is 0 Å². The fraction of sp³-hybridized carbons (Fsp3) is 1.00. The summed E-state index contributed by atoms with van der Waals surface area (Å²) >= 11 is 0. The van der Waals surface area contributed by atoms with E-state index in [1.54, 1.807) is 0 Å². The predicted octanol–water partition coefficient (Wildman–Crippen LogP) is -0.822. The van der Waals surface area contributed by atoms with Gasteiger partial charge >= 0.3 is 0 Å². The van der Waals surface area contributed by atoms with Gasteiger partial charge in [-0.05, 0) is 20.0 Å². The molecule has 1 fully saturated rings. The molecule has 0 amide bonds. The molecule has 0 aromatic rings. The fourth-order valence-electron chi connectivity index (χ4n) is 1.51. The fourth-order valence-corrected chi connectivity index (χ4v) is 1.51. The number of hydrogen-bond acceptors (Lipinski definition) is 3. The van der Waals surface area contributed by atoms with Crippen LogP contribution in [0, 0.1) is 5.41 Å². The van der Waals surface area contributed by atoms with Gasteiger partial charge in [-0.3, -0.25) is 0 Å². The van der Waals surface area contributed by atoms with Crippen molar-refractivity contribution < 1.29 is 5.11 Å². The van der Waals surface area contributed by atoms with Crippen LogP contribution in [0.1, 0.15) is 6.42 Å². The van der Waals surface area contributed by atoms with Gasteiger partial charge in [-0.15, -0.1) is 0 Å². The second-order valence-corrected chi connectivity index (χ2v) is 3.12. The third-order valence-electron chi connectivity index (χ3n) is 2.22. The van der Waals surface area contributed by atoms with Gasteiger partial charge in [0.05, 0.1) is 6.61 Å². The molecule has 10 heavy (non-hydrogen) atoms. The molecule has 0 aromatic carbocycles. The number of nitrogens with one attached hydrogen (secondary N) is 2. The minimum absolute atomic E-state index is 0.120. The quantitative estimate of drug-likeness (QED) is 0.485. The van der Waals surface area contributed by atoms with Crippen LogP contribution in [-0.2, 0) is 0 Å². The van der Waals surface area contributed by atoms with Gasteiger partial charge in [0.2, 0.25) is 0 Å². The zero-order valence-electron chi connectivity index (χ0n) is 6.48. The molecule has 0 aromatic heterocycles. The molecule has 1 rings (SSSR count). The van der Waals surface area contributed by atoms with Crippen LogP contribution in [0.2, 0.25) is 0 Å². The highest BCUT2D eigenvalue weighted by molar-refractivity contribution is 4.88. The number of aliphatic hydroxyl groups is 1. The average Bonchev–Trinajstić information content (AvgIpc) is 2.39. The van der Waals surface area contributed by atoms with E-state index < -0.39 is 0 Å². The van der Waals surface area contributed by atoms with Gasteiger partial charge < -0.3 is 15.7 Å². The molecule has 0 aliphatic carbocycles. The summed E-state index contributed by atoms with van der Waals surface area (Å²) in [5, 5.41) is 15.4. The normalized spacial score (nSPS) is 33.0. The average molecular weight is 144 g/mol. The number of hydrogen-bond donors (Lipinski definition) is 3. The van der Waals surface area contributed by atoms with E-state index in [0.29, 0.717) is 6.61 Å². The van der Waals surface area contributed by atoms with Crippen LogP contribution in [0.15, 0.2) is 0 Å². The van der Waals surface area contributed by atoms with Crippen molar-refractivity contribution in [2.75, 3.05) is 33.3 Å². The highest BCUT2D eigenvalue weighted by Gasteiger charge is 2.31. The Morgan fingerprint density at radius 2 is 2.50 bits per heavy atom. The van der Waals surface area contributed by atoms with E-state index in [2.05, 4.69) is 10.6 Å². The number of rotatable bonds is 3. The van der Waals surface area contributed by atoms with Crippen LogP contribution in [0.5, 0.6) is 0 Å². The largest absolute Gasteiger partial charge is 0.396 e. The van der Waals surface area contributed by atoms with Gasteiger partial charge in [-0.25, -0.2) is 0 Å². The summed E-state index contributed by atoms with van der Waals surface area (Å²) in [5.41, 5.74) is 0.120. The maximum absolute atomic E-state index is 9.07. The monoisotopic (exact) mass is 144 g/mol. The van der Waals surface area contributed by atoms with Crippen molar-refractivity contribution in [1.82, 2.24) is 10.6 Å². The van der Waals surface area contributed by atoms with Crippen molar-refractivity contribution in [2.24, 2.45) is 5.41 Å². The first-order valence-electron chi connectivity index (χ1n) is 3.79. The molecule has 3 heteroatoms. The van der Waals surface area contributed by atoms with E-state index in [1.165, 1.54) is 0 Å². The molecule has 1 aliphatic rings. The van der Waals surface area contributed by atoms with E-state index >= 15 is 0 Å². The first kappa shape index (κ1) is 7.98. The lowest BCUT2D eigenvalue weighted by molar-refractivity contribution is 0.143. The standard InChI is InChI=1S/C7H16N2O/c1-8-4-7(6-10)2-3-9-5-7/h8-10H,2-6H2,1H3. The zero-order valence-corrected chi connectivity index (χ0v) is 6.48. The molecular weight excluding hydrogens is 128 g/mol. The first-order valence-corrected chi connectivity index (χ1v) is 3.79. The summed E-state index contributed by atoms with van der Waals surface area (Å²) in [5.74, 6) is 0. The molecule has 3 nitrogen and oxygen atoms in total. The zero-order chi connectivity index (χ0) is 7.45. The summed E-state index contributed by atoms with van der Waals surface area (Å²) in [6.07, 6.45) is 1.09. The molecule has 1 heterocycles. The van der Waals surface area contributed by atoms with Gasteiger partial charge in [0.15, 0.2) is 0 Å². The van der Waals surface area contributed by atoms with Crippen molar-refractivity contribution in [3.05, 3.63) is 0 Å². The smallest absolute Gasteiger partial charge is 0.0512 e. The van der Waals surface area contributed by atoms with Crippen LogP contribution in [0.25, 0.3) is 0 Å². The third kappa shape index (κ3) is 1.48. The van der Waals surface area contributed by atoms with E-state index in [1.807, 2.05) is 7.05 Å². The molecule has 1 atom stereocenters. The first-order chi connectivity index (χ1) is 4.83. The van der Waals surface area contributed by atoms with Crippen molar-refractivity contribution in [1.29, 1.82) is 0 Å². The Labute approximate surface area is 61.8 Å². The molecule has 0 saturated carbocycles. The molecule has 1 saturated heterocycles. The molecule has 1 unspecified atom stereocenters. The van der Waals surface area contributed by atoms with Crippen LogP contribution in [0.3, 0.4) is 0 Å². The summed E-state index contributed by atoms with van der Waals surface area (Å²) in [6.45, 7) is 3.20. The molecule has 0 bridgehead atoms. The Morgan fingerprint density at radius 3 is 2.90 bits per heavy atom. The summed E-state index contributed by atoms with van der Waals surface area (Å²) in [4.78, 5) is 0. The van der Waals surface area contributed by atoms with Gasteiger partial charge in [-0.2, -0.15) is 0 Å². The van der Waals surface area contributed by atoms with E-state index in [0.717, 1.165) is 26.1 Å². The van der Waals surface area contributed by atoms with Crippen LogP contribution < -0.4 is 10.6 Å². The maximum Gasteiger partial charge on any atom is 0.0512 e. The molecule has 1 aliphatic heterocycles. The minimum atomic E-state index is 0.120. The Bertz CT molecular complexity index is 99.8. The van der Waals surface area contributed by atoms with Crippen LogP contribution >= 0.6 is 0 Å². The molecule has 0 spiro atoms. The topological polar surface area (TPSA) is 44.3 Å². The van der Waals surface area contributed by atoms with Crippen molar-refractivity contribution in [3.8, 4) is 0 Å². The molecular formula is C7H16N2O. The second kappa shape index (κ2) is 3.32. The van der Waals surface area contributed by atoms with Crippen molar-refractivity contribution >= 4 is 0 Å². The van der Waals surface area contributed by atoms with Gasteiger partial charge in [-0.1, -0.05) is 0 Å². The summed E-state index contributed by atoms with van der Waals surface area (Å²) < 4.78 is 0. The molecule has 60 valence electrons. The second-order valence-electron chi connectivity index (χ2n) is 3.12. The maximum atomic E-state index is 9.07. The SMILES string of the molecule is CNCC1(CO)CCNC1. The highest BCUT2D eigenvalue weighted by atomic mass is 16.3. The Kier molecular flexibility index (Phi) is 2.65. The third-order valence-corrected chi connectivity index (χ3v) is 2.22. The van der Waals surface area contributed by atoms with E-state index in [-0.39, 0.29) is 5.41 Å². The predicted molar refractivity (Wildman–Crippen MR) is 40.9 cm³/mol. The van der Waals surface area contributed by atoms with E-state index in [9.17, 15) is 0 Å². The molecule has 0 radical (unpaired) electrons. The van der Waals surface area contributed by atoms with E-state index in [4.69, 9.17) is 5.11 Å². The molecule has 3 N–H and O–H groups in total. The van der Waals surface area contributed by atoms with Gasteiger partial charge in [0.1, 0.15) is 0 Å². The Balaban J connectivity index is 2.41.